The minimum Gasteiger partial charge on any atom is -0.345 e. The molecule has 3 aromatic rings. The van der Waals surface area contributed by atoms with Crippen molar-refractivity contribution in [3.05, 3.63) is 29.3 Å². The lowest BCUT2D eigenvalue weighted by Crippen LogP contribution is -1.82. The Labute approximate surface area is 94.0 Å². The van der Waals surface area contributed by atoms with Crippen LogP contribution in [0.3, 0.4) is 0 Å². The molecule has 0 unspecified atom stereocenters. The lowest BCUT2D eigenvalue weighted by molar-refractivity contribution is 1.20. The predicted molar refractivity (Wildman–Crippen MR) is 60.0 cm³/mol. The summed E-state index contributed by atoms with van der Waals surface area (Å²) in [5, 5.41) is 4.07. The number of thiazole rings is 1. The molecule has 0 aromatic carbocycles. The molecule has 6 heteroatoms. The molecule has 0 saturated carbocycles. The normalized spacial score (nSPS) is 11.0. The van der Waals surface area contributed by atoms with Gasteiger partial charge in [0.15, 0.2) is 0 Å². The largest absolute Gasteiger partial charge is 0.345 e. The van der Waals surface area contributed by atoms with Crippen LogP contribution in [0.4, 0.5) is 0 Å². The average molecular weight is 237 g/mol. The number of hydrogen-bond acceptors (Lipinski definition) is 4. The first-order valence-electron chi connectivity index (χ1n) is 4.24. The summed E-state index contributed by atoms with van der Waals surface area (Å²) < 4.78 is 0. The van der Waals surface area contributed by atoms with E-state index in [4.69, 9.17) is 11.6 Å². The van der Waals surface area contributed by atoms with Gasteiger partial charge in [0.05, 0.1) is 0 Å². The summed E-state index contributed by atoms with van der Waals surface area (Å²) in [6.07, 6.45) is 5.35. The fourth-order valence-electron chi connectivity index (χ4n) is 1.42. The monoisotopic (exact) mass is 236 g/mol. The minimum atomic E-state index is 0.245. The van der Waals surface area contributed by atoms with E-state index in [-0.39, 0.29) is 5.28 Å². The number of nitrogens with one attached hydrogen (secondary N) is 1. The highest BCUT2D eigenvalue weighted by atomic mass is 35.5. The smallest absolute Gasteiger partial charge is 0.224 e. The maximum atomic E-state index is 5.70. The molecule has 0 spiro atoms. The number of nitrogens with zero attached hydrogens (tertiary/aromatic N) is 3. The van der Waals surface area contributed by atoms with Crippen LogP contribution in [0.25, 0.3) is 21.6 Å². The van der Waals surface area contributed by atoms with Crippen LogP contribution < -0.4 is 0 Å². The molecule has 0 fully saturated rings. The van der Waals surface area contributed by atoms with E-state index in [2.05, 4.69) is 19.9 Å². The number of hydrogen-bond donors (Lipinski definition) is 1. The summed E-state index contributed by atoms with van der Waals surface area (Å²) >= 11 is 7.28. The van der Waals surface area contributed by atoms with Gasteiger partial charge < -0.3 is 4.98 Å². The van der Waals surface area contributed by atoms with Crippen molar-refractivity contribution in [2.24, 2.45) is 0 Å². The molecule has 0 bridgehead atoms. The highest BCUT2D eigenvalue weighted by Gasteiger charge is 2.09. The first kappa shape index (κ1) is 8.82. The Hall–Kier alpha value is -1.46. The minimum absolute atomic E-state index is 0.245. The molecule has 3 rings (SSSR count). The van der Waals surface area contributed by atoms with Gasteiger partial charge in [-0.15, -0.1) is 11.3 Å². The van der Waals surface area contributed by atoms with Crippen molar-refractivity contribution in [3.8, 4) is 10.6 Å². The molecule has 0 atom stereocenters. The molecular formula is C9H5ClN4S. The van der Waals surface area contributed by atoms with Gasteiger partial charge >= 0.3 is 0 Å². The molecule has 3 heterocycles. The van der Waals surface area contributed by atoms with Gasteiger partial charge in [-0.05, 0) is 11.6 Å². The van der Waals surface area contributed by atoms with Crippen molar-refractivity contribution in [3.63, 3.8) is 0 Å². The highest BCUT2D eigenvalue weighted by Crippen LogP contribution is 2.28. The average Bonchev–Trinajstić information content (AvgIpc) is 2.82. The number of aromatic nitrogens is 4. The molecule has 4 nitrogen and oxygen atoms in total. The van der Waals surface area contributed by atoms with Gasteiger partial charge in [-0.2, -0.15) is 4.98 Å². The maximum Gasteiger partial charge on any atom is 0.224 e. The van der Waals surface area contributed by atoms with Crippen LogP contribution in [0.15, 0.2) is 24.0 Å². The topological polar surface area (TPSA) is 54.5 Å². The molecule has 0 radical (unpaired) electrons. The van der Waals surface area contributed by atoms with Crippen molar-refractivity contribution >= 4 is 34.0 Å². The fraction of sp³-hybridized carbons (Fsp3) is 0. The van der Waals surface area contributed by atoms with Crippen molar-refractivity contribution in [2.45, 2.75) is 0 Å². The summed E-state index contributed by atoms with van der Waals surface area (Å²) in [4.78, 5) is 15.3. The fourth-order valence-corrected chi connectivity index (χ4v) is 2.22. The lowest BCUT2D eigenvalue weighted by Gasteiger charge is -1.92. The standard InChI is InChI=1S/C9H5ClN4S/c10-9-13-3-5-6(4-12-7(5)14-9)8-11-1-2-15-8/h1-4H,(H,12,13,14). The van der Waals surface area contributed by atoms with E-state index in [0.717, 1.165) is 21.6 Å². The molecule has 74 valence electrons. The third-order valence-corrected chi connectivity index (χ3v) is 3.05. The SMILES string of the molecule is Clc1ncc2c(-c3nccs3)c[nH]c2n1. The van der Waals surface area contributed by atoms with Gasteiger partial charge in [-0.25, -0.2) is 9.97 Å². The van der Waals surface area contributed by atoms with Crippen LogP contribution in [0, 0.1) is 0 Å². The number of aromatic amines is 1. The second-order valence-electron chi connectivity index (χ2n) is 2.94. The Bertz CT molecular complexity index is 602. The third kappa shape index (κ3) is 1.40. The molecule has 15 heavy (non-hydrogen) atoms. The zero-order valence-electron chi connectivity index (χ0n) is 7.44. The Morgan fingerprint density at radius 3 is 3.07 bits per heavy atom. The molecule has 3 aromatic heterocycles. The van der Waals surface area contributed by atoms with E-state index in [1.54, 1.807) is 23.7 Å². The first-order chi connectivity index (χ1) is 7.34. The van der Waals surface area contributed by atoms with E-state index in [0.29, 0.717) is 0 Å². The zero-order chi connectivity index (χ0) is 10.3. The van der Waals surface area contributed by atoms with Crippen molar-refractivity contribution in [2.75, 3.05) is 0 Å². The quantitative estimate of drug-likeness (QED) is 0.661. The van der Waals surface area contributed by atoms with Gasteiger partial charge in [0, 0.05) is 34.9 Å². The van der Waals surface area contributed by atoms with Crippen LogP contribution in [-0.2, 0) is 0 Å². The van der Waals surface area contributed by atoms with E-state index in [9.17, 15) is 0 Å². The first-order valence-corrected chi connectivity index (χ1v) is 5.50. The second-order valence-corrected chi connectivity index (χ2v) is 4.17. The number of rotatable bonds is 1. The molecule has 1 N–H and O–H groups in total. The van der Waals surface area contributed by atoms with E-state index < -0.39 is 0 Å². The van der Waals surface area contributed by atoms with Crippen LogP contribution in [-0.4, -0.2) is 19.9 Å². The predicted octanol–water partition coefficient (Wildman–Crippen LogP) is 2.73. The van der Waals surface area contributed by atoms with Crippen molar-refractivity contribution < 1.29 is 0 Å². The molecule has 0 aliphatic heterocycles. The number of H-pyrrole nitrogens is 1. The van der Waals surface area contributed by atoms with E-state index in [1.165, 1.54) is 0 Å². The van der Waals surface area contributed by atoms with Crippen LogP contribution in [0.1, 0.15) is 0 Å². The Balaban J connectivity index is 2.29. The summed E-state index contributed by atoms with van der Waals surface area (Å²) in [7, 11) is 0. The Kier molecular flexibility index (Phi) is 1.93. The summed E-state index contributed by atoms with van der Waals surface area (Å²) in [5.41, 5.74) is 1.75. The molecule has 0 aliphatic carbocycles. The van der Waals surface area contributed by atoms with Crippen LogP contribution >= 0.6 is 22.9 Å². The lowest BCUT2D eigenvalue weighted by atomic mass is 10.2. The van der Waals surface area contributed by atoms with Gasteiger partial charge in [0.1, 0.15) is 10.7 Å². The molecule has 0 aliphatic rings. The molecule has 0 amide bonds. The maximum absolute atomic E-state index is 5.70. The van der Waals surface area contributed by atoms with Gasteiger partial charge in [0.2, 0.25) is 5.28 Å². The Morgan fingerprint density at radius 1 is 1.33 bits per heavy atom. The summed E-state index contributed by atoms with van der Waals surface area (Å²) in [5.74, 6) is 0. The van der Waals surface area contributed by atoms with E-state index in [1.807, 2.05) is 11.6 Å². The highest BCUT2D eigenvalue weighted by molar-refractivity contribution is 7.13. The Morgan fingerprint density at radius 2 is 2.27 bits per heavy atom. The summed E-state index contributed by atoms with van der Waals surface area (Å²) in [6, 6.07) is 0. The number of halogens is 1. The van der Waals surface area contributed by atoms with Gasteiger partial charge in [0.25, 0.3) is 0 Å². The second kappa shape index (κ2) is 3.29. The van der Waals surface area contributed by atoms with Gasteiger partial charge in [-0.3, -0.25) is 0 Å². The van der Waals surface area contributed by atoms with Crippen molar-refractivity contribution in [1.82, 2.24) is 19.9 Å². The van der Waals surface area contributed by atoms with Gasteiger partial charge in [-0.1, -0.05) is 0 Å². The van der Waals surface area contributed by atoms with Crippen molar-refractivity contribution in [1.29, 1.82) is 0 Å². The molecular weight excluding hydrogens is 232 g/mol. The third-order valence-electron chi connectivity index (χ3n) is 2.07. The van der Waals surface area contributed by atoms with E-state index >= 15 is 0 Å². The van der Waals surface area contributed by atoms with Crippen LogP contribution in [0.5, 0.6) is 0 Å². The number of fused-ring (bicyclic) bond motifs is 1. The van der Waals surface area contributed by atoms with Crippen LogP contribution in [0.2, 0.25) is 5.28 Å². The summed E-state index contributed by atoms with van der Waals surface area (Å²) in [6.45, 7) is 0. The molecule has 0 saturated heterocycles. The zero-order valence-corrected chi connectivity index (χ0v) is 9.01.